The van der Waals surface area contributed by atoms with Gasteiger partial charge < -0.3 is 10.5 Å². The summed E-state index contributed by atoms with van der Waals surface area (Å²) in [5, 5.41) is 0. The van der Waals surface area contributed by atoms with E-state index in [0.717, 1.165) is 7.11 Å². The maximum atomic E-state index is 12.7. The van der Waals surface area contributed by atoms with Crippen LogP contribution in [0.15, 0.2) is 6.07 Å². The van der Waals surface area contributed by atoms with Gasteiger partial charge in [-0.1, -0.05) is 0 Å². The van der Waals surface area contributed by atoms with Crippen molar-refractivity contribution in [3.05, 3.63) is 28.6 Å². The number of esters is 1. The summed E-state index contributed by atoms with van der Waals surface area (Å²) < 4.78 is 67.4. The molecule has 0 saturated heterocycles. The topological polar surface area (TPSA) is 65.2 Å². The largest absolute Gasteiger partial charge is 0.465 e. The predicted octanol–water partition coefficient (Wildman–Crippen LogP) is 2.28. The van der Waals surface area contributed by atoms with E-state index in [-0.39, 0.29) is 0 Å². The number of carbonyl (C=O) groups is 1. The monoisotopic (exact) mass is 284 g/mol. The number of alkyl halides is 5. The van der Waals surface area contributed by atoms with E-state index >= 15 is 0 Å². The lowest BCUT2D eigenvalue weighted by Gasteiger charge is -2.15. The first-order valence-corrected chi connectivity index (χ1v) is 4.89. The minimum Gasteiger partial charge on any atom is -0.465 e. The third-order valence-corrected chi connectivity index (χ3v) is 2.25. The first-order chi connectivity index (χ1) is 8.72. The Bertz CT molecular complexity index is 488. The van der Waals surface area contributed by atoms with Gasteiger partial charge >= 0.3 is 12.1 Å². The molecule has 0 atom stereocenters. The van der Waals surface area contributed by atoms with Crippen molar-refractivity contribution in [3.63, 3.8) is 0 Å². The zero-order chi connectivity index (χ0) is 14.8. The molecular weight excluding hydrogens is 275 g/mol. The summed E-state index contributed by atoms with van der Waals surface area (Å²) in [5.74, 6) is -1.18. The Balaban J connectivity index is 3.61. The van der Waals surface area contributed by atoms with Gasteiger partial charge in [-0.3, -0.25) is 0 Å². The average Bonchev–Trinajstić information content (AvgIpc) is 2.34. The molecule has 0 amide bonds. The van der Waals surface area contributed by atoms with Gasteiger partial charge in [-0.25, -0.2) is 18.6 Å². The van der Waals surface area contributed by atoms with Crippen LogP contribution in [0.5, 0.6) is 0 Å². The molecule has 1 rings (SSSR count). The fraction of sp³-hybridized carbons (Fsp3) is 0.400. The van der Waals surface area contributed by atoms with Crippen LogP contribution < -0.4 is 5.73 Å². The third-order valence-electron chi connectivity index (χ3n) is 2.25. The molecule has 1 aromatic rings. The maximum absolute atomic E-state index is 12.7. The summed E-state index contributed by atoms with van der Waals surface area (Å²) in [5.41, 5.74) is 1.02. The molecule has 0 aliphatic heterocycles. The van der Waals surface area contributed by atoms with Crippen LogP contribution in [-0.4, -0.2) is 18.1 Å². The third kappa shape index (κ3) is 3.16. The van der Waals surface area contributed by atoms with Gasteiger partial charge in [0.05, 0.1) is 12.7 Å². The molecule has 4 nitrogen and oxygen atoms in total. The van der Waals surface area contributed by atoms with Crippen molar-refractivity contribution in [1.82, 2.24) is 4.98 Å². The SMILES string of the molecule is COC(=O)c1cc(C(F)F)nc(C(F)(F)F)c1CN. The molecular formula is C10H9F5N2O2. The molecule has 0 fully saturated rings. The molecule has 1 heterocycles. The quantitative estimate of drug-likeness (QED) is 0.683. The maximum Gasteiger partial charge on any atom is 0.433 e. The minimum absolute atomic E-state index is 0.550. The van der Waals surface area contributed by atoms with Crippen LogP contribution in [0.25, 0.3) is 0 Å². The highest BCUT2D eigenvalue weighted by Crippen LogP contribution is 2.34. The van der Waals surface area contributed by atoms with Gasteiger partial charge in [-0.15, -0.1) is 0 Å². The molecule has 0 spiro atoms. The molecule has 106 valence electrons. The van der Waals surface area contributed by atoms with Crippen LogP contribution in [0.3, 0.4) is 0 Å². The summed E-state index contributed by atoms with van der Waals surface area (Å²) in [6.07, 6.45) is -8.25. The number of pyridine rings is 1. The Morgan fingerprint density at radius 2 is 2.05 bits per heavy atom. The predicted molar refractivity (Wildman–Crippen MR) is 53.4 cm³/mol. The number of methoxy groups -OCH3 is 1. The van der Waals surface area contributed by atoms with Crippen molar-refractivity contribution in [2.45, 2.75) is 19.1 Å². The molecule has 0 unspecified atom stereocenters. The Kier molecular flexibility index (Phi) is 4.40. The Labute approximate surface area is 104 Å². The Morgan fingerprint density at radius 3 is 2.42 bits per heavy atom. The van der Waals surface area contributed by atoms with Crippen molar-refractivity contribution in [3.8, 4) is 0 Å². The molecule has 0 aliphatic carbocycles. The van der Waals surface area contributed by atoms with Crippen LogP contribution >= 0.6 is 0 Å². The average molecular weight is 284 g/mol. The zero-order valence-electron chi connectivity index (χ0n) is 9.59. The molecule has 9 heteroatoms. The second kappa shape index (κ2) is 5.47. The summed E-state index contributed by atoms with van der Waals surface area (Å²) in [6.45, 7) is -0.685. The van der Waals surface area contributed by atoms with Gasteiger partial charge in [0.15, 0.2) is 0 Å². The van der Waals surface area contributed by atoms with Gasteiger partial charge in [-0.2, -0.15) is 13.2 Å². The van der Waals surface area contributed by atoms with Crippen molar-refractivity contribution in [2.24, 2.45) is 5.73 Å². The van der Waals surface area contributed by atoms with Gasteiger partial charge in [-0.05, 0) is 6.07 Å². The van der Waals surface area contributed by atoms with Gasteiger partial charge in [0, 0.05) is 12.1 Å². The van der Waals surface area contributed by atoms with Crippen molar-refractivity contribution >= 4 is 5.97 Å². The molecule has 0 radical (unpaired) electrons. The van der Waals surface area contributed by atoms with Gasteiger partial charge in [0.1, 0.15) is 11.4 Å². The number of aromatic nitrogens is 1. The van der Waals surface area contributed by atoms with E-state index in [1.54, 1.807) is 0 Å². The zero-order valence-corrected chi connectivity index (χ0v) is 9.59. The summed E-state index contributed by atoms with van der Waals surface area (Å²) in [6, 6.07) is 0.550. The standard InChI is InChI=1S/C10H9F5N2O2/c1-19-9(18)4-2-6(8(11)12)17-7(5(4)3-16)10(13,14)15/h2,8H,3,16H2,1H3. The number of nitrogens with zero attached hydrogens (tertiary/aromatic N) is 1. The van der Waals surface area contributed by atoms with Gasteiger partial charge in [0.25, 0.3) is 6.43 Å². The number of rotatable bonds is 3. The lowest BCUT2D eigenvalue weighted by atomic mass is 10.0. The molecule has 0 bridgehead atoms. The van der Waals surface area contributed by atoms with E-state index in [0.29, 0.717) is 6.07 Å². The second-order valence-corrected chi connectivity index (χ2v) is 3.42. The Morgan fingerprint density at radius 1 is 1.47 bits per heavy atom. The van der Waals surface area contributed by atoms with Crippen LogP contribution in [0.2, 0.25) is 0 Å². The second-order valence-electron chi connectivity index (χ2n) is 3.42. The van der Waals surface area contributed by atoms with E-state index in [1.165, 1.54) is 0 Å². The van der Waals surface area contributed by atoms with Crippen molar-refractivity contribution in [1.29, 1.82) is 0 Å². The lowest BCUT2D eigenvalue weighted by molar-refractivity contribution is -0.142. The van der Waals surface area contributed by atoms with E-state index in [1.807, 2.05) is 0 Å². The molecule has 19 heavy (non-hydrogen) atoms. The van der Waals surface area contributed by atoms with Crippen LogP contribution in [0.1, 0.15) is 33.7 Å². The smallest absolute Gasteiger partial charge is 0.433 e. The number of nitrogens with two attached hydrogens (primary N) is 1. The summed E-state index contributed by atoms with van der Waals surface area (Å²) in [4.78, 5) is 14.2. The normalized spacial score (nSPS) is 11.8. The summed E-state index contributed by atoms with van der Waals surface area (Å²) in [7, 11) is 0.915. The van der Waals surface area contributed by atoms with E-state index in [9.17, 15) is 26.7 Å². The van der Waals surface area contributed by atoms with Crippen LogP contribution in [0, 0.1) is 0 Å². The number of ether oxygens (including phenoxy) is 1. The summed E-state index contributed by atoms with van der Waals surface area (Å²) >= 11 is 0. The van der Waals surface area contributed by atoms with E-state index in [4.69, 9.17) is 5.73 Å². The van der Waals surface area contributed by atoms with Gasteiger partial charge in [0.2, 0.25) is 0 Å². The fourth-order valence-corrected chi connectivity index (χ4v) is 1.44. The van der Waals surface area contributed by atoms with Crippen molar-refractivity contribution < 1.29 is 31.5 Å². The van der Waals surface area contributed by atoms with Crippen LogP contribution in [0.4, 0.5) is 22.0 Å². The number of hydrogen-bond acceptors (Lipinski definition) is 4. The highest BCUT2D eigenvalue weighted by molar-refractivity contribution is 5.91. The Hall–Kier alpha value is -1.77. The van der Waals surface area contributed by atoms with Crippen molar-refractivity contribution in [2.75, 3.05) is 7.11 Å². The van der Waals surface area contributed by atoms with Crippen LogP contribution in [-0.2, 0) is 17.5 Å². The number of carbonyl (C=O) groups excluding carboxylic acids is 1. The molecule has 0 saturated carbocycles. The minimum atomic E-state index is -5.00. The first kappa shape index (κ1) is 15.3. The molecule has 2 N–H and O–H groups in total. The molecule has 1 aromatic heterocycles. The number of halogens is 5. The van der Waals surface area contributed by atoms with E-state index < -0.39 is 47.6 Å². The fourth-order valence-electron chi connectivity index (χ4n) is 1.44. The first-order valence-electron chi connectivity index (χ1n) is 4.89. The highest BCUT2D eigenvalue weighted by Gasteiger charge is 2.38. The highest BCUT2D eigenvalue weighted by atomic mass is 19.4. The number of hydrogen-bond donors (Lipinski definition) is 1. The van der Waals surface area contributed by atoms with E-state index in [2.05, 4.69) is 9.72 Å². The lowest BCUT2D eigenvalue weighted by Crippen LogP contribution is -2.20. The molecule has 0 aromatic carbocycles. The molecule has 0 aliphatic rings.